The molecule has 0 saturated carbocycles. The molecule has 0 aliphatic rings. The molecule has 13 rings (SSSR count). The van der Waals surface area contributed by atoms with E-state index in [1.54, 1.807) is 0 Å². The number of nitrogens with zero attached hydrogens (tertiary/aromatic N) is 2. The molecule has 0 N–H and O–H groups in total. The van der Waals surface area contributed by atoms with Gasteiger partial charge in [-0.3, -0.25) is 0 Å². The van der Waals surface area contributed by atoms with E-state index in [1.807, 2.05) is 12.1 Å². The van der Waals surface area contributed by atoms with Gasteiger partial charge >= 0.3 is 0 Å². The highest BCUT2D eigenvalue weighted by molar-refractivity contribution is 6.13. The zero-order valence-corrected chi connectivity index (χ0v) is 35.4. The first-order valence-corrected chi connectivity index (χ1v) is 22.2. The molecule has 0 atom stereocenters. The van der Waals surface area contributed by atoms with E-state index in [1.165, 1.54) is 54.5 Å². The molecule has 0 fully saturated rings. The Kier molecular flexibility index (Phi) is 8.53. The number of fused-ring (bicyclic) bond motifs is 9. The average molecular weight is 829 g/mol. The maximum absolute atomic E-state index is 6.27. The number of furan rings is 1. The van der Waals surface area contributed by atoms with Crippen molar-refractivity contribution < 1.29 is 4.42 Å². The van der Waals surface area contributed by atoms with Crippen molar-refractivity contribution in [2.24, 2.45) is 0 Å². The summed E-state index contributed by atoms with van der Waals surface area (Å²) >= 11 is 0. The Morgan fingerprint density at radius 3 is 1.58 bits per heavy atom. The summed E-state index contributed by atoms with van der Waals surface area (Å²) in [6.45, 7) is 0. The number of hydrogen-bond donors (Lipinski definition) is 0. The smallest absolute Gasteiger partial charge is 0.136 e. The SMILES string of the molecule is c1cc(-c2ccc3c(ccc4ccccc43)c2)cc(N(c2ccc(-c3ccc(-n4c5ccccc5c5ccccc54)cc3)cc2)c2ccc(-c3cccc4oc5ccccc5c34)cc2)c1. The molecule has 0 spiro atoms. The lowest BCUT2D eigenvalue weighted by Gasteiger charge is -2.26. The molecule has 2 heterocycles. The van der Waals surface area contributed by atoms with Gasteiger partial charge < -0.3 is 13.9 Å². The van der Waals surface area contributed by atoms with Crippen LogP contribution in [0.25, 0.3) is 104 Å². The largest absolute Gasteiger partial charge is 0.456 e. The topological polar surface area (TPSA) is 21.3 Å². The standard InChI is InChI=1S/C62H40N2O/c1-2-14-52-43(11-1)23-24-47-39-46(31-38-53(47)52)45-12-9-13-51(40-45)63(49-36-29-44(30-37-49)54-18-10-22-61-62(54)57-17-5-8-21-60(57)65-61)48-32-25-41(26-33-48)42-27-34-50(35-28-42)64-58-19-6-3-15-55(58)56-16-4-7-20-59(56)64/h1-40H. The van der Waals surface area contributed by atoms with E-state index in [4.69, 9.17) is 4.42 Å². The molecule has 304 valence electrons. The summed E-state index contributed by atoms with van der Waals surface area (Å²) in [5.41, 5.74) is 15.6. The van der Waals surface area contributed by atoms with E-state index in [2.05, 4.69) is 240 Å². The van der Waals surface area contributed by atoms with Crippen LogP contribution in [0, 0.1) is 0 Å². The van der Waals surface area contributed by atoms with Gasteiger partial charge in [0.25, 0.3) is 0 Å². The van der Waals surface area contributed by atoms with Crippen molar-refractivity contribution in [1.82, 2.24) is 4.57 Å². The minimum Gasteiger partial charge on any atom is -0.456 e. The number of aromatic nitrogens is 1. The molecule has 0 aliphatic carbocycles. The zero-order chi connectivity index (χ0) is 42.8. The average Bonchev–Trinajstić information content (AvgIpc) is 3.93. The molecule has 0 bridgehead atoms. The molecule has 13 aromatic rings. The Morgan fingerprint density at radius 2 is 0.846 bits per heavy atom. The molecule has 3 heteroatoms. The summed E-state index contributed by atoms with van der Waals surface area (Å²) < 4.78 is 8.64. The van der Waals surface area contributed by atoms with E-state index in [9.17, 15) is 0 Å². The third kappa shape index (κ3) is 6.20. The lowest BCUT2D eigenvalue weighted by atomic mass is 9.97. The summed E-state index contributed by atoms with van der Waals surface area (Å²) in [5, 5.41) is 9.84. The van der Waals surface area contributed by atoms with Gasteiger partial charge in [0.05, 0.1) is 11.0 Å². The Balaban J connectivity index is 0.885. The van der Waals surface area contributed by atoms with Crippen LogP contribution in [-0.2, 0) is 0 Å². The van der Waals surface area contributed by atoms with E-state index in [0.29, 0.717) is 0 Å². The highest BCUT2D eigenvalue weighted by Crippen LogP contribution is 2.42. The second-order valence-corrected chi connectivity index (χ2v) is 16.9. The summed E-state index contributed by atoms with van der Waals surface area (Å²) in [4.78, 5) is 2.37. The van der Waals surface area contributed by atoms with Crippen molar-refractivity contribution in [2.75, 3.05) is 4.90 Å². The molecule has 11 aromatic carbocycles. The van der Waals surface area contributed by atoms with Crippen LogP contribution in [0.2, 0.25) is 0 Å². The Labute approximate surface area is 376 Å². The van der Waals surface area contributed by atoms with Crippen LogP contribution in [0.1, 0.15) is 0 Å². The van der Waals surface area contributed by atoms with Crippen molar-refractivity contribution in [2.45, 2.75) is 0 Å². The fraction of sp³-hybridized carbons (Fsp3) is 0. The lowest BCUT2D eigenvalue weighted by Crippen LogP contribution is -2.10. The summed E-state index contributed by atoms with van der Waals surface area (Å²) in [7, 11) is 0. The number of benzene rings is 11. The molecular weight excluding hydrogens is 789 g/mol. The van der Waals surface area contributed by atoms with E-state index in [0.717, 1.165) is 66.9 Å². The predicted octanol–water partition coefficient (Wildman–Crippen LogP) is 17.5. The van der Waals surface area contributed by atoms with Crippen molar-refractivity contribution in [1.29, 1.82) is 0 Å². The number of anilines is 3. The third-order valence-electron chi connectivity index (χ3n) is 13.2. The minimum atomic E-state index is 0.898. The van der Waals surface area contributed by atoms with Crippen molar-refractivity contribution >= 4 is 82.4 Å². The van der Waals surface area contributed by atoms with Gasteiger partial charge in [-0.05, 0) is 134 Å². The number of rotatable bonds is 7. The number of hydrogen-bond acceptors (Lipinski definition) is 2. The monoisotopic (exact) mass is 828 g/mol. The molecule has 0 aliphatic heterocycles. The highest BCUT2D eigenvalue weighted by Gasteiger charge is 2.18. The predicted molar refractivity (Wildman–Crippen MR) is 274 cm³/mol. The van der Waals surface area contributed by atoms with Crippen molar-refractivity contribution in [3.8, 4) is 39.1 Å². The fourth-order valence-electron chi connectivity index (χ4n) is 10.1. The Morgan fingerprint density at radius 1 is 0.308 bits per heavy atom. The van der Waals surface area contributed by atoms with Crippen LogP contribution >= 0.6 is 0 Å². The Hall–Kier alpha value is -8.66. The third-order valence-corrected chi connectivity index (χ3v) is 13.2. The highest BCUT2D eigenvalue weighted by atomic mass is 16.3. The molecule has 0 unspecified atom stereocenters. The van der Waals surface area contributed by atoms with Gasteiger partial charge in [0.15, 0.2) is 0 Å². The van der Waals surface area contributed by atoms with Crippen LogP contribution in [0.15, 0.2) is 247 Å². The second kappa shape index (κ2) is 15.0. The van der Waals surface area contributed by atoms with Crippen LogP contribution in [0.3, 0.4) is 0 Å². The van der Waals surface area contributed by atoms with Gasteiger partial charge in [-0.25, -0.2) is 0 Å². The lowest BCUT2D eigenvalue weighted by molar-refractivity contribution is 0.669. The van der Waals surface area contributed by atoms with Crippen LogP contribution < -0.4 is 4.90 Å². The molecular formula is C62H40N2O. The van der Waals surface area contributed by atoms with Gasteiger partial charge in [0, 0.05) is 44.3 Å². The van der Waals surface area contributed by atoms with Gasteiger partial charge in [-0.2, -0.15) is 0 Å². The Bertz CT molecular complexity index is 3880. The van der Waals surface area contributed by atoms with Crippen LogP contribution in [0.4, 0.5) is 17.1 Å². The summed E-state index contributed by atoms with van der Waals surface area (Å²) in [6.07, 6.45) is 0. The first kappa shape index (κ1) is 36.9. The molecule has 65 heavy (non-hydrogen) atoms. The van der Waals surface area contributed by atoms with Crippen molar-refractivity contribution in [3.05, 3.63) is 243 Å². The van der Waals surface area contributed by atoms with Gasteiger partial charge in [-0.1, -0.05) is 164 Å². The van der Waals surface area contributed by atoms with Gasteiger partial charge in [-0.15, -0.1) is 0 Å². The minimum absolute atomic E-state index is 0.898. The number of para-hydroxylation sites is 3. The second-order valence-electron chi connectivity index (χ2n) is 16.9. The van der Waals surface area contributed by atoms with E-state index >= 15 is 0 Å². The zero-order valence-electron chi connectivity index (χ0n) is 35.4. The fourth-order valence-corrected chi connectivity index (χ4v) is 10.1. The maximum atomic E-state index is 6.27. The first-order chi connectivity index (χ1) is 32.2. The summed E-state index contributed by atoms with van der Waals surface area (Å²) in [6, 6.07) is 87.7. The van der Waals surface area contributed by atoms with Crippen LogP contribution in [-0.4, -0.2) is 4.57 Å². The molecule has 0 amide bonds. The molecule has 0 saturated heterocycles. The normalized spacial score (nSPS) is 11.7. The first-order valence-electron chi connectivity index (χ1n) is 22.2. The van der Waals surface area contributed by atoms with E-state index in [-0.39, 0.29) is 0 Å². The van der Waals surface area contributed by atoms with Crippen LogP contribution in [0.5, 0.6) is 0 Å². The molecule has 3 nitrogen and oxygen atoms in total. The van der Waals surface area contributed by atoms with Gasteiger partial charge in [0.1, 0.15) is 11.2 Å². The quantitative estimate of drug-likeness (QED) is 0.149. The molecule has 0 radical (unpaired) electrons. The summed E-state index contributed by atoms with van der Waals surface area (Å²) in [5.74, 6) is 0. The van der Waals surface area contributed by atoms with E-state index < -0.39 is 0 Å². The van der Waals surface area contributed by atoms with Gasteiger partial charge in [0.2, 0.25) is 0 Å². The molecule has 2 aromatic heterocycles. The maximum Gasteiger partial charge on any atom is 0.136 e. The van der Waals surface area contributed by atoms with Crippen molar-refractivity contribution in [3.63, 3.8) is 0 Å².